The number of Topliss-reactive ketones (excluding diaryl/α,β-unsaturated/α-hetero) is 1. The van der Waals surface area contributed by atoms with Crippen molar-refractivity contribution in [3.8, 4) is 11.5 Å². The Labute approximate surface area is 96.4 Å². The van der Waals surface area contributed by atoms with Crippen LogP contribution < -0.4 is 9.47 Å². The topological polar surface area (TPSA) is 35.5 Å². The van der Waals surface area contributed by atoms with Gasteiger partial charge < -0.3 is 9.47 Å². The molecule has 0 aliphatic rings. The van der Waals surface area contributed by atoms with E-state index in [-0.39, 0.29) is 5.78 Å². The minimum absolute atomic E-state index is 0.0161. The van der Waals surface area contributed by atoms with Crippen LogP contribution in [0, 0.1) is 5.92 Å². The van der Waals surface area contributed by atoms with Crippen molar-refractivity contribution in [2.45, 2.75) is 20.8 Å². The Morgan fingerprint density at radius 2 is 2.06 bits per heavy atom. The van der Waals surface area contributed by atoms with Crippen molar-refractivity contribution in [2.75, 3.05) is 13.7 Å². The highest BCUT2D eigenvalue weighted by molar-refractivity contribution is 5.97. The van der Waals surface area contributed by atoms with Crippen LogP contribution in [-0.2, 0) is 0 Å². The van der Waals surface area contributed by atoms with Gasteiger partial charge in [0.05, 0.1) is 19.3 Å². The van der Waals surface area contributed by atoms with Crippen LogP contribution in [0.3, 0.4) is 0 Å². The van der Waals surface area contributed by atoms with Gasteiger partial charge in [-0.1, -0.05) is 13.8 Å². The van der Waals surface area contributed by atoms with E-state index in [1.54, 1.807) is 25.3 Å². The predicted molar refractivity (Wildman–Crippen MR) is 63.3 cm³/mol. The number of carbonyl (C=O) groups is 1. The van der Waals surface area contributed by atoms with Crippen LogP contribution in [0.2, 0.25) is 0 Å². The molecule has 0 unspecified atom stereocenters. The third-order valence-corrected chi connectivity index (χ3v) is 2.14. The monoisotopic (exact) mass is 222 g/mol. The number of benzene rings is 1. The van der Waals surface area contributed by atoms with E-state index in [9.17, 15) is 4.79 Å². The van der Waals surface area contributed by atoms with Crippen molar-refractivity contribution in [3.63, 3.8) is 0 Å². The first-order valence-electron chi connectivity index (χ1n) is 5.36. The summed E-state index contributed by atoms with van der Waals surface area (Å²) >= 11 is 0. The number of carbonyl (C=O) groups excluding carboxylic acids is 1. The lowest BCUT2D eigenvalue weighted by molar-refractivity contribution is 0.101. The van der Waals surface area contributed by atoms with Gasteiger partial charge in [-0.05, 0) is 31.0 Å². The minimum Gasteiger partial charge on any atom is -0.497 e. The summed E-state index contributed by atoms with van der Waals surface area (Å²) in [6, 6.07) is 5.28. The van der Waals surface area contributed by atoms with Gasteiger partial charge in [0.25, 0.3) is 0 Å². The molecule has 0 bridgehead atoms. The smallest absolute Gasteiger partial charge is 0.163 e. The number of hydrogen-bond donors (Lipinski definition) is 0. The quantitative estimate of drug-likeness (QED) is 0.718. The summed E-state index contributed by atoms with van der Waals surface area (Å²) in [5.41, 5.74) is 0.569. The second-order valence-electron chi connectivity index (χ2n) is 4.12. The van der Waals surface area contributed by atoms with Gasteiger partial charge in [-0.15, -0.1) is 0 Å². The van der Waals surface area contributed by atoms with Gasteiger partial charge in [-0.2, -0.15) is 0 Å². The molecule has 3 heteroatoms. The first-order chi connectivity index (χ1) is 7.54. The van der Waals surface area contributed by atoms with Crippen LogP contribution in [0.5, 0.6) is 11.5 Å². The molecule has 0 saturated carbocycles. The highest BCUT2D eigenvalue weighted by Gasteiger charge is 2.10. The Bertz CT molecular complexity index is 369. The van der Waals surface area contributed by atoms with Gasteiger partial charge in [0.2, 0.25) is 0 Å². The number of methoxy groups -OCH3 is 1. The molecular weight excluding hydrogens is 204 g/mol. The predicted octanol–water partition coefficient (Wildman–Crippen LogP) is 2.93. The standard InChI is InChI=1S/C13H18O3/c1-9(2)8-16-13-6-5-11(15-4)7-12(13)10(3)14/h5-7,9H,8H2,1-4H3. The fraction of sp³-hybridized carbons (Fsp3) is 0.462. The van der Waals surface area contributed by atoms with Crippen LogP contribution in [-0.4, -0.2) is 19.5 Å². The molecule has 0 N–H and O–H groups in total. The lowest BCUT2D eigenvalue weighted by atomic mass is 10.1. The Balaban J connectivity index is 2.94. The zero-order valence-electron chi connectivity index (χ0n) is 10.2. The van der Waals surface area contributed by atoms with Crippen molar-refractivity contribution < 1.29 is 14.3 Å². The Hall–Kier alpha value is -1.51. The Morgan fingerprint density at radius 1 is 1.38 bits per heavy atom. The van der Waals surface area contributed by atoms with Gasteiger partial charge in [-0.3, -0.25) is 4.79 Å². The summed E-state index contributed by atoms with van der Waals surface area (Å²) in [7, 11) is 1.58. The number of rotatable bonds is 5. The maximum atomic E-state index is 11.4. The van der Waals surface area contributed by atoms with E-state index in [0.717, 1.165) is 0 Å². The molecule has 0 aliphatic carbocycles. The molecule has 0 spiro atoms. The first kappa shape index (κ1) is 12.6. The fourth-order valence-corrected chi connectivity index (χ4v) is 1.29. The number of ether oxygens (including phenoxy) is 2. The van der Waals surface area contributed by atoms with Crippen molar-refractivity contribution >= 4 is 5.78 Å². The number of hydrogen-bond acceptors (Lipinski definition) is 3. The average Bonchev–Trinajstić information content (AvgIpc) is 2.25. The molecule has 0 aliphatic heterocycles. The van der Waals surface area contributed by atoms with Crippen molar-refractivity contribution in [2.24, 2.45) is 5.92 Å². The molecular formula is C13H18O3. The largest absolute Gasteiger partial charge is 0.497 e. The zero-order chi connectivity index (χ0) is 12.1. The lowest BCUT2D eigenvalue weighted by Gasteiger charge is -2.12. The summed E-state index contributed by atoms with van der Waals surface area (Å²) in [4.78, 5) is 11.4. The molecule has 16 heavy (non-hydrogen) atoms. The van der Waals surface area contributed by atoms with E-state index < -0.39 is 0 Å². The van der Waals surface area contributed by atoms with Gasteiger partial charge in [0, 0.05) is 0 Å². The average molecular weight is 222 g/mol. The highest BCUT2D eigenvalue weighted by atomic mass is 16.5. The maximum Gasteiger partial charge on any atom is 0.163 e. The van der Waals surface area contributed by atoms with Crippen LogP contribution in [0.1, 0.15) is 31.1 Å². The molecule has 3 nitrogen and oxygen atoms in total. The minimum atomic E-state index is -0.0161. The Kier molecular flexibility index (Phi) is 4.35. The van der Waals surface area contributed by atoms with Gasteiger partial charge in [-0.25, -0.2) is 0 Å². The van der Waals surface area contributed by atoms with Crippen molar-refractivity contribution in [3.05, 3.63) is 23.8 Å². The van der Waals surface area contributed by atoms with Crippen LogP contribution in [0.25, 0.3) is 0 Å². The molecule has 1 aromatic carbocycles. The Morgan fingerprint density at radius 3 is 2.56 bits per heavy atom. The van der Waals surface area contributed by atoms with E-state index >= 15 is 0 Å². The van der Waals surface area contributed by atoms with E-state index in [0.29, 0.717) is 29.6 Å². The van der Waals surface area contributed by atoms with Crippen LogP contribution in [0.15, 0.2) is 18.2 Å². The van der Waals surface area contributed by atoms with E-state index in [1.807, 2.05) is 0 Å². The zero-order valence-corrected chi connectivity index (χ0v) is 10.2. The van der Waals surface area contributed by atoms with E-state index in [4.69, 9.17) is 9.47 Å². The summed E-state index contributed by atoms with van der Waals surface area (Å²) in [5, 5.41) is 0. The molecule has 0 atom stereocenters. The van der Waals surface area contributed by atoms with Crippen LogP contribution in [0.4, 0.5) is 0 Å². The van der Waals surface area contributed by atoms with E-state index in [1.165, 1.54) is 6.92 Å². The normalized spacial score (nSPS) is 10.3. The molecule has 1 aromatic rings. The second kappa shape index (κ2) is 5.54. The molecule has 0 amide bonds. The van der Waals surface area contributed by atoms with Gasteiger partial charge in [0.1, 0.15) is 11.5 Å². The molecule has 0 aromatic heterocycles. The second-order valence-corrected chi connectivity index (χ2v) is 4.12. The molecule has 88 valence electrons. The summed E-state index contributed by atoms with van der Waals surface area (Å²) in [6.07, 6.45) is 0. The summed E-state index contributed by atoms with van der Waals surface area (Å²) in [6.45, 7) is 6.26. The summed E-state index contributed by atoms with van der Waals surface area (Å²) < 4.78 is 10.7. The maximum absolute atomic E-state index is 11.4. The van der Waals surface area contributed by atoms with Crippen molar-refractivity contribution in [1.82, 2.24) is 0 Å². The van der Waals surface area contributed by atoms with Gasteiger partial charge in [0.15, 0.2) is 5.78 Å². The molecule has 0 radical (unpaired) electrons. The highest BCUT2D eigenvalue weighted by Crippen LogP contribution is 2.25. The molecule has 1 rings (SSSR count). The van der Waals surface area contributed by atoms with Crippen molar-refractivity contribution in [1.29, 1.82) is 0 Å². The summed E-state index contributed by atoms with van der Waals surface area (Å²) in [5.74, 6) is 1.71. The third kappa shape index (κ3) is 3.26. The number of ketones is 1. The lowest BCUT2D eigenvalue weighted by Crippen LogP contribution is -2.07. The molecule has 0 saturated heterocycles. The van der Waals surface area contributed by atoms with Gasteiger partial charge >= 0.3 is 0 Å². The fourth-order valence-electron chi connectivity index (χ4n) is 1.29. The molecule has 0 heterocycles. The third-order valence-electron chi connectivity index (χ3n) is 2.14. The van der Waals surface area contributed by atoms with Crippen LogP contribution >= 0.6 is 0 Å². The first-order valence-corrected chi connectivity index (χ1v) is 5.36. The van der Waals surface area contributed by atoms with E-state index in [2.05, 4.69) is 13.8 Å². The molecule has 0 fully saturated rings. The SMILES string of the molecule is COc1ccc(OCC(C)C)c(C(C)=O)c1.